The molecule has 0 spiro atoms. The number of benzene rings is 1. The van der Waals surface area contributed by atoms with Crippen molar-refractivity contribution in [3.63, 3.8) is 0 Å². The first-order chi connectivity index (χ1) is 9.84. The molecule has 21 heavy (non-hydrogen) atoms. The third-order valence-electron chi connectivity index (χ3n) is 3.36. The fourth-order valence-electron chi connectivity index (χ4n) is 2.19. The molecule has 0 radical (unpaired) electrons. The second kappa shape index (κ2) is 7.66. The Labute approximate surface area is 128 Å². The van der Waals surface area contributed by atoms with Gasteiger partial charge in [-0.2, -0.15) is 4.31 Å². The summed E-state index contributed by atoms with van der Waals surface area (Å²) in [4.78, 5) is 0.147. The Hall–Kier alpha value is -1.27. The highest BCUT2D eigenvalue weighted by Gasteiger charge is 2.28. The molecule has 5 nitrogen and oxygen atoms in total. The summed E-state index contributed by atoms with van der Waals surface area (Å²) in [6.45, 7) is 6.36. The van der Waals surface area contributed by atoms with E-state index in [1.165, 1.54) is 23.5 Å². The third-order valence-corrected chi connectivity index (χ3v) is 5.51. The molecule has 0 unspecified atom stereocenters. The van der Waals surface area contributed by atoms with E-state index < -0.39 is 10.0 Å². The number of hydrogen-bond donors (Lipinski definition) is 1. The number of nitrogens with two attached hydrogens (primary N) is 1. The van der Waals surface area contributed by atoms with E-state index in [4.69, 9.17) is 10.5 Å². The molecule has 120 valence electrons. The zero-order valence-corrected chi connectivity index (χ0v) is 14.1. The quantitative estimate of drug-likeness (QED) is 0.591. The monoisotopic (exact) mass is 314 g/mol. The fourth-order valence-corrected chi connectivity index (χ4v) is 3.96. The van der Waals surface area contributed by atoms with E-state index >= 15 is 0 Å². The first-order valence-electron chi connectivity index (χ1n) is 7.30. The minimum absolute atomic E-state index is 0.103. The van der Waals surface area contributed by atoms with Crippen LogP contribution in [0.1, 0.15) is 40.0 Å². The molecule has 6 heteroatoms. The molecular weight excluding hydrogens is 288 g/mol. The van der Waals surface area contributed by atoms with Crippen LogP contribution in [-0.2, 0) is 10.0 Å². The van der Waals surface area contributed by atoms with E-state index in [9.17, 15) is 8.42 Å². The average Bonchev–Trinajstić information content (AvgIpc) is 2.42. The van der Waals surface area contributed by atoms with E-state index in [1.54, 1.807) is 6.07 Å². The molecule has 1 aromatic rings. The predicted molar refractivity (Wildman–Crippen MR) is 86.0 cm³/mol. The third kappa shape index (κ3) is 4.35. The van der Waals surface area contributed by atoms with Crippen LogP contribution >= 0.6 is 0 Å². The molecule has 0 aliphatic rings. The summed E-state index contributed by atoms with van der Waals surface area (Å²) in [6.07, 6.45) is 2.91. The zero-order chi connectivity index (χ0) is 16.0. The largest absolute Gasteiger partial charge is 0.497 e. The molecule has 1 rings (SSSR count). The second-order valence-electron chi connectivity index (χ2n) is 5.32. The molecule has 1 aromatic carbocycles. The Kier molecular flexibility index (Phi) is 6.48. The molecule has 0 bridgehead atoms. The molecule has 0 saturated heterocycles. The van der Waals surface area contributed by atoms with Crippen molar-refractivity contribution in [2.45, 2.75) is 51.0 Å². The zero-order valence-electron chi connectivity index (χ0n) is 13.3. The van der Waals surface area contributed by atoms with Crippen molar-refractivity contribution in [2.24, 2.45) is 0 Å². The van der Waals surface area contributed by atoms with Crippen molar-refractivity contribution in [2.75, 3.05) is 19.4 Å². The second-order valence-corrected chi connectivity index (χ2v) is 7.18. The van der Waals surface area contributed by atoms with E-state index in [0.717, 1.165) is 19.3 Å². The minimum Gasteiger partial charge on any atom is -0.497 e. The van der Waals surface area contributed by atoms with Gasteiger partial charge in [-0.05, 0) is 32.4 Å². The minimum atomic E-state index is -3.58. The van der Waals surface area contributed by atoms with Gasteiger partial charge in [-0.25, -0.2) is 8.42 Å². The lowest BCUT2D eigenvalue weighted by Crippen LogP contribution is -2.38. The van der Waals surface area contributed by atoms with Gasteiger partial charge in [0, 0.05) is 18.7 Å². The number of nitrogen functional groups attached to an aromatic ring is 1. The van der Waals surface area contributed by atoms with Crippen molar-refractivity contribution in [3.8, 4) is 5.75 Å². The summed E-state index contributed by atoms with van der Waals surface area (Å²) in [7, 11) is -2.06. The summed E-state index contributed by atoms with van der Waals surface area (Å²) in [6, 6.07) is 4.57. The maximum Gasteiger partial charge on any atom is 0.245 e. The Morgan fingerprint density at radius 2 is 1.95 bits per heavy atom. The number of anilines is 1. The molecule has 2 N–H and O–H groups in total. The van der Waals surface area contributed by atoms with Crippen molar-refractivity contribution in [1.82, 2.24) is 4.31 Å². The highest BCUT2D eigenvalue weighted by Crippen LogP contribution is 2.27. The van der Waals surface area contributed by atoms with E-state index in [1.807, 2.05) is 13.8 Å². The number of rotatable bonds is 8. The number of ether oxygens (including phenoxy) is 1. The van der Waals surface area contributed by atoms with Gasteiger partial charge >= 0.3 is 0 Å². The Bertz CT molecular complexity index is 556. The van der Waals surface area contributed by atoms with Crippen LogP contribution in [0.3, 0.4) is 0 Å². The molecule has 0 aromatic heterocycles. The van der Waals surface area contributed by atoms with E-state index in [0.29, 0.717) is 12.3 Å². The van der Waals surface area contributed by atoms with Crippen LogP contribution in [0.5, 0.6) is 5.75 Å². The maximum atomic E-state index is 12.8. The van der Waals surface area contributed by atoms with Gasteiger partial charge in [-0.3, -0.25) is 0 Å². The summed E-state index contributed by atoms with van der Waals surface area (Å²) < 4.78 is 32.2. The summed E-state index contributed by atoms with van der Waals surface area (Å²) in [5.41, 5.74) is 6.11. The van der Waals surface area contributed by atoms with Crippen LogP contribution < -0.4 is 10.5 Å². The number of unbranched alkanes of at least 4 members (excludes halogenated alkanes) is 2. The van der Waals surface area contributed by atoms with Gasteiger partial charge in [0.2, 0.25) is 10.0 Å². The molecule has 0 atom stereocenters. The maximum absolute atomic E-state index is 12.8. The Balaban J connectivity index is 3.11. The molecule has 0 aliphatic heterocycles. The topological polar surface area (TPSA) is 72.6 Å². The lowest BCUT2D eigenvalue weighted by Gasteiger charge is -2.26. The molecule has 0 amide bonds. The highest BCUT2D eigenvalue weighted by molar-refractivity contribution is 7.89. The van der Waals surface area contributed by atoms with Gasteiger partial charge in [-0.15, -0.1) is 0 Å². The summed E-state index contributed by atoms with van der Waals surface area (Å²) >= 11 is 0. The first kappa shape index (κ1) is 17.8. The molecule has 0 aliphatic carbocycles. The number of methoxy groups -OCH3 is 1. The van der Waals surface area contributed by atoms with E-state index in [-0.39, 0.29) is 16.6 Å². The average molecular weight is 314 g/mol. The smallest absolute Gasteiger partial charge is 0.245 e. The predicted octanol–water partition coefficient (Wildman–Crippen LogP) is 2.87. The first-order valence-corrected chi connectivity index (χ1v) is 8.74. The summed E-state index contributed by atoms with van der Waals surface area (Å²) in [5, 5.41) is 0. The van der Waals surface area contributed by atoms with Gasteiger partial charge in [0.05, 0.1) is 12.8 Å². The van der Waals surface area contributed by atoms with Crippen LogP contribution in [0, 0.1) is 0 Å². The van der Waals surface area contributed by atoms with E-state index in [2.05, 4.69) is 6.92 Å². The normalized spacial score (nSPS) is 12.1. The summed E-state index contributed by atoms with van der Waals surface area (Å²) in [5.74, 6) is 0.550. The highest BCUT2D eigenvalue weighted by atomic mass is 32.2. The van der Waals surface area contributed by atoms with Crippen molar-refractivity contribution >= 4 is 15.7 Å². The van der Waals surface area contributed by atoms with Crippen LogP contribution in [-0.4, -0.2) is 32.4 Å². The van der Waals surface area contributed by atoms with Crippen molar-refractivity contribution in [3.05, 3.63) is 18.2 Å². The fraction of sp³-hybridized carbons (Fsp3) is 0.600. The van der Waals surface area contributed by atoms with Gasteiger partial charge in [0.25, 0.3) is 0 Å². The number of nitrogens with zero attached hydrogens (tertiary/aromatic N) is 1. The SMILES string of the molecule is CCCCCN(C(C)C)S(=O)(=O)c1ccc(OC)cc1N. The number of hydrogen-bond acceptors (Lipinski definition) is 4. The van der Waals surface area contributed by atoms with Gasteiger partial charge in [0.1, 0.15) is 10.6 Å². The Morgan fingerprint density at radius 3 is 2.43 bits per heavy atom. The Morgan fingerprint density at radius 1 is 1.29 bits per heavy atom. The molecule has 0 saturated carbocycles. The standard InChI is InChI=1S/C15H26N2O3S/c1-5-6-7-10-17(12(2)3)21(18,19)15-9-8-13(20-4)11-14(15)16/h8-9,11-12H,5-7,10,16H2,1-4H3. The molecule has 0 heterocycles. The number of sulfonamides is 1. The van der Waals surface area contributed by atoms with Crippen LogP contribution in [0.25, 0.3) is 0 Å². The van der Waals surface area contributed by atoms with Crippen LogP contribution in [0.15, 0.2) is 23.1 Å². The lowest BCUT2D eigenvalue weighted by molar-refractivity contribution is 0.345. The van der Waals surface area contributed by atoms with Crippen LogP contribution in [0.2, 0.25) is 0 Å². The molecule has 0 fully saturated rings. The van der Waals surface area contributed by atoms with Gasteiger partial charge in [-0.1, -0.05) is 19.8 Å². The molecular formula is C15H26N2O3S. The lowest BCUT2D eigenvalue weighted by atomic mass is 10.2. The van der Waals surface area contributed by atoms with Gasteiger partial charge < -0.3 is 10.5 Å². The van der Waals surface area contributed by atoms with Crippen molar-refractivity contribution < 1.29 is 13.2 Å². The van der Waals surface area contributed by atoms with Gasteiger partial charge in [0.15, 0.2) is 0 Å². The van der Waals surface area contributed by atoms with Crippen molar-refractivity contribution in [1.29, 1.82) is 0 Å². The van der Waals surface area contributed by atoms with Crippen LogP contribution in [0.4, 0.5) is 5.69 Å².